The van der Waals surface area contributed by atoms with Crippen molar-refractivity contribution in [1.82, 2.24) is 30.0 Å². The third-order valence-corrected chi connectivity index (χ3v) is 20.0. The molecule has 10 N–H and O–H groups in total. The number of ether oxygens (including phenoxy) is 6. The van der Waals surface area contributed by atoms with E-state index >= 15 is 0 Å². The first-order valence-corrected chi connectivity index (χ1v) is 33.3. The van der Waals surface area contributed by atoms with Crippen LogP contribution in [0.25, 0.3) is 32.6 Å². The zero-order valence-electron chi connectivity index (χ0n) is 52.3. The summed E-state index contributed by atoms with van der Waals surface area (Å²) in [5, 5.41) is 62.8. The van der Waals surface area contributed by atoms with E-state index in [-0.39, 0.29) is 84.5 Å². The van der Waals surface area contributed by atoms with Gasteiger partial charge < -0.3 is 69.9 Å². The molecule has 6 aliphatic rings. The molecule has 5 heterocycles. The number of likely N-dealkylation sites (N-methyl/N-ethyl adjacent to an activating group) is 1. The highest BCUT2D eigenvalue weighted by atomic mass is 32.2. The molecule has 2 aliphatic heterocycles. The molecule has 6 aromatic rings. The number of thiazole rings is 1. The Bertz CT molecular complexity index is 3930. The molecule has 2 unspecified atom stereocenters. The van der Waals surface area contributed by atoms with Crippen LogP contribution in [0.15, 0.2) is 79.0 Å². The van der Waals surface area contributed by atoms with Gasteiger partial charge in [0, 0.05) is 72.9 Å². The summed E-state index contributed by atoms with van der Waals surface area (Å²) in [7, 11) is -2.90. The van der Waals surface area contributed by atoms with Gasteiger partial charge in [-0.3, -0.25) is 24.2 Å². The van der Waals surface area contributed by atoms with Crippen LogP contribution in [0.2, 0.25) is 0 Å². The number of aliphatic carboxylic acids is 1. The Morgan fingerprint density at radius 1 is 0.883 bits per heavy atom. The maximum Gasteiger partial charge on any atom is 0.409 e. The van der Waals surface area contributed by atoms with Gasteiger partial charge in [-0.2, -0.15) is 13.5 Å². The van der Waals surface area contributed by atoms with E-state index < -0.39 is 88.8 Å². The Morgan fingerprint density at radius 3 is 2.38 bits per heavy atom. The zero-order valence-corrected chi connectivity index (χ0v) is 53.9. The van der Waals surface area contributed by atoms with Crippen LogP contribution >= 0.6 is 11.3 Å². The van der Waals surface area contributed by atoms with Crippen LogP contribution in [-0.4, -0.2) is 194 Å². The molecule has 504 valence electrons. The monoisotopic (exact) mass is 1340 g/mol. The van der Waals surface area contributed by atoms with Crippen LogP contribution in [0.4, 0.5) is 20.4 Å². The number of carbonyl (C=O) groups excluding carboxylic acids is 3. The van der Waals surface area contributed by atoms with Gasteiger partial charge in [0.05, 0.1) is 53.3 Å². The zero-order chi connectivity index (χ0) is 67.1. The average molecular weight is 1340 g/mol. The van der Waals surface area contributed by atoms with Gasteiger partial charge in [-0.15, -0.1) is 0 Å². The minimum Gasteiger partial charge on any atom is -0.491 e. The molecule has 4 aliphatic carbocycles. The number of aromatic carboxylic acids is 1. The van der Waals surface area contributed by atoms with Crippen LogP contribution in [0.5, 0.6) is 11.5 Å². The minimum atomic E-state index is -4.47. The fraction of sp³-hybridized carbons (Fsp3) is 0.500. The summed E-state index contributed by atoms with van der Waals surface area (Å²) in [6.45, 7) is 7.46. The Kier molecular flexibility index (Phi) is 19.4. The molecule has 30 heteroatoms. The number of anilines is 2. The molecule has 4 bridgehead atoms. The molecule has 3 aromatic heterocycles. The molecule has 5 fully saturated rings. The number of nitrogens with zero attached hydrogens (tertiary/aromatic N) is 6. The van der Waals surface area contributed by atoms with Crippen LogP contribution in [0.1, 0.15) is 86.1 Å². The van der Waals surface area contributed by atoms with Crippen molar-refractivity contribution in [2.45, 2.75) is 128 Å². The lowest BCUT2D eigenvalue weighted by Gasteiger charge is -2.69. The quantitative estimate of drug-likeness (QED) is 0.0248. The molecule has 0 spiro atoms. The standard InChI is InChI=1S/C64H77N9O19S2/c1-36-42(41-15-16-44(68-49(41)55(78)79)38-12-11-37-8-7-18-72(46(37)24-38)59(82)70-58-69-45-9-5-6-10-48(45)93-58)26-67-73(36)35-63-30-61(2)29-62(3,31-63)33-64(32-61,34-63)90-21-19-71(4)60(83)89-27-39-13-14-40(88-23-22-87-20-17-66-54(77)43(65)28-94(84,85)86)25-47(39)91-57-52(76)50(74)51(75)53(92-57)56(80)81/h5-6,9-16,24-26,43,50-53,57,74-76H,7-8,17-23,27-35,65H2,1-4H3,(H,66,77)(H,78,79)(H,80,81)(H,69,70,82)(H,84,85,86)/t43-,50-,51-,52+,53-,57+,61?,62?,63?,64?/m0/s1. The number of pyridine rings is 1. The van der Waals surface area contributed by atoms with E-state index in [9.17, 15) is 57.9 Å². The molecule has 3 aromatic carbocycles. The first-order valence-electron chi connectivity index (χ1n) is 30.9. The Hall–Kier alpha value is -7.91. The maximum absolute atomic E-state index is 13.8. The number of aryl methyl sites for hydroxylation is 1. The second-order valence-corrected chi connectivity index (χ2v) is 28.7. The third-order valence-electron chi connectivity index (χ3n) is 18.2. The maximum atomic E-state index is 13.8. The van der Waals surface area contributed by atoms with Gasteiger partial charge in [0.1, 0.15) is 49.1 Å². The molecular formula is C64H77N9O19S2. The molecule has 4 amide bonds. The molecular weight excluding hydrogens is 1260 g/mol. The largest absolute Gasteiger partial charge is 0.491 e. The van der Waals surface area contributed by atoms with Gasteiger partial charge in [-0.25, -0.2) is 29.1 Å². The molecule has 12 rings (SSSR count). The number of carboxylic acid groups (broad SMARTS) is 2. The van der Waals surface area contributed by atoms with Crippen LogP contribution < -0.4 is 30.7 Å². The second kappa shape index (κ2) is 27.1. The second-order valence-electron chi connectivity index (χ2n) is 26.1. The number of nitrogens with two attached hydrogens (primary N) is 1. The molecule has 94 heavy (non-hydrogen) atoms. The number of benzene rings is 3. The number of aliphatic hydroxyl groups excluding tert-OH is 3. The van der Waals surface area contributed by atoms with Crippen molar-refractivity contribution >= 4 is 72.5 Å². The highest BCUT2D eigenvalue weighted by Gasteiger charge is 2.66. The fourth-order valence-electron chi connectivity index (χ4n) is 15.2. The van der Waals surface area contributed by atoms with Crippen molar-refractivity contribution in [1.29, 1.82) is 0 Å². The van der Waals surface area contributed by atoms with Crippen molar-refractivity contribution in [3.63, 3.8) is 0 Å². The van der Waals surface area contributed by atoms with Crippen molar-refractivity contribution in [2.75, 3.05) is 69.1 Å². The fourth-order valence-corrected chi connectivity index (χ4v) is 16.7. The van der Waals surface area contributed by atoms with E-state index in [2.05, 4.69) is 29.5 Å². The van der Waals surface area contributed by atoms with Gasteiger partial charge in [0.25, 0.3) is 10.1 Å². The summed E-state index contributed by atoms with van der Waals surface area (Å²) in [5.74, 6) is -4.53. The SMILES string of the molecule is Cc1c(-c2ccc(-c3ccc4c(c3)N(C(=O)Nc3nc5ccccc5s3)CCC4)nc2C(=O)O)cnn1CC12CC3(C)CC(C)(C1)CC(OCCN(C)C(=O)OCc1ccc(OCCOCCNC(=O)[C@@H](N)CS(=O)(=O)O)cc1O[C@@H]1O[C@H](C(=O)O)[C@@H](O)[C@H](O)[C@H]1O)(C3)C2. The first kappa shape index (κ1) is 67.5. The summed E-state index contributed by atoms with van der Waals surface area (Å²) >= 11 is 1.40. The highest BCUT2D eigenvalue weighted by Crippen LogP contribution is 2.72. The Balaban J connectivity index is 0.721. The van der Waals surface area contributed by atoms with E-state index in [0.29, 0.717) is 40.6 Å². The van der Waals surface area contributed by atoms with Crippen LogP contribution in [0.3, 0.4) is 0 Å². The van der Waals surface area contributed by atoms with Gasteiger partial charge in [-0.05, 0) is 123 Å². The van der Waals surface area contributed by atoms with Crippen molar-refractivity contribution in [2.24, 2.45) is 22.0 Å². The topological polar surface area (TPSA) is 396 Å². The lowest BCUT2D eigenvalue weighted by Crippen LogP contribution is -2.64. The number of rotatable bonds is 25. The lowest BCUT2D eigenvalue weighted by molar-refractivity contribution is -0.271. The summed E-state index contributed by atoms with van der Waals surface area (Å²) in [6, 6.07) is 19.6. The number of carbonyl (C=O) groups is 5. The van der Waals surface area contributed by atoms with Crippen molar-refractivity contribution in [3.05, 3.63) is 102 Å². The number of fused-ring (bicyclic) bond motifs is 2. The van der Waals surface area contributed by atoms with Crippen molar-refractivity contribution < 1.29 is 90.9 Å². The van der Waals surface area contributed by atoms with E-state index in [1.807, 2.05) is 54.1 Å². The normalized spacial score (nSPS) is 25.7. The molecule has 1 saturated heterocycles. The Labute approximate surface area is 545 Å². The number of nitrogens with one attached hydrogen (secondary N) is 2. The predicted octanol–water partition coefficient (Wildman–Crippen LogP) is 5.62. The number of aromatic nitrogens is 4. The number of urea groups is 1. The molecule has 0 radical (unpaired) electrons. The van der Waals surface area contributed by atoms with E-state index in [0.717, 1.165) is 78.5 Å². The Morgan fingerprint density at radius 2 is 1.65 bits per heavy atom. The smallest absolute Gasteiger partial charge is 0.409 e. The number of hydrogen-bond acceptors (Lipinski definition) is 21. The summed E-state index contributed by atoms with van der Waals surface area (Å²) in [6.07, 6.45) is -1.85. The number of carboxylic acids is 2. The van der Waals surface area contributed by atoms with Crippen molar-refractivity contribution in [3.8, 4) is 33.9 Å². The number of hydrogen-bond donors (Lipinski definition) is 9. The number of aliphatic hydroxyl groups is 3. The highest BCUT2D eigenvalue weighted by molar-refractivity contribution is 7.85. The van der Waals surface area contributed by atoms with Gasteiger partial charge in [0.15, 0.2) is 16.9 Å². The molecule has 8 atom stereocenters. The number of para-hydroxylation sites is 1. The van der Waals surface area contributed by atoms with Gasteiger partial charge >= 0.3 is 24.1 Å². The molecule has 4 saturated carbocycles. The van der Waals surface area contributed by atoms with E-state index in [4.69, 9.17) is 48.8 Å². The predicted molar refractivity (Wildman–Crippen MR) is 340 cm³/mol. The average Bonchev–Trinajstić information content (AvgIpc) is 0.711. The number of amides is 4. The van der Waals surface area contributed by atoms with Crippen LogP contribution in [-0.2, 0) is 58.2 Å². The minimum absolute atomic E-state index is 0.00805. The van der Waals surface area contributed by atoms with E-state index in [1.165, 1.54) is 34.4 Å². The van der Waals surface area contributed by atoms with Gasteiger partial charge in [-0.1, -0.05) is 49.4 Å². The first-order chi connectivity index (χ1) is 44.6. The lowest BCUT2D eigenvalue weighted by atomic mass is 9.39. The summed E-state index contributed by atoms with van der Waals surface area (Å²) in [5.41, 5.74) is 10.2. The summed E-state index contributed by atoms with van der Waals surface area (Å²) < 4.78 is 69.2. The summed E-state index contributed by atoms with van der Waals surface area (Å²) in [4.78, 5) is 77.0. The van der Waals surface area contributed by atoms with Gasteiger partial charge in [0.2, 0.25) is 12.2 Å². The molecule has 28 nitrogen and oxygen atoms in total. The third kappa shape index (κ3) is 14.9. The van der Waals surface area contributed by atoms with E-state index in [1.54, 1.807) is 30.3 Å². The van der Waals surface area contributed by atoms with Crippen LogP contribution in [0, 0.1) is 23.2 Å².